The molecule has 0 fully saturated rings. The number of aromatic nitrogens is 1. The van der Waals surface area contributed by atoms with E-state index >= 15 is 0 Å². The zero-order valence-electron chi connectivity index (χ0n) is 16.3. The van der Waals surface area contributed by atoms with Crippen LogP contribution in [-0.4, -0.2) is 4.98 Å². The molecule has 0 amide bonds. The van der Waals surface area contributed by atoms with Crippen LogP contribution in [0.1, 0.15) is 25.0 Å². The van der Waals surface area contributed by atoms with E-state index in [1.54, 1.807) is 0 Å². The van der Waals surface area contributed by atoms with Crippen molar-refractivity contribution < 1.29 is 0 Å². The summed E-state index contributed by atoms with van der Waals surface area (Å²) in [6.45, 7) is 4.80. The van der Waals surface area contributed by atoms with Crippen molar-refractivity contribution in [1.82, 2.24) is 4.98 Å². The van der Waals surface area contributed by atoms with Gasteiger partial charge in [0, 0.05) is 23.7 Å². The number of nitrogens with one attached hydrogen (secondary N) is 1. The number of fused-ring (bicyclic) bond motifs is 1. The highest BCUT2D eigenvalue weighted by molar-refractivity contribution is 5.94. The monoisotopic (exact) mass is 367 g/mol. The number of hydrogen-bond donors (Lipinski definition) is 2. The average Bonchev–Trinajstić information content (AvgIpc) is 2.72. The van der Waals surface area contributed by atoms with Gasteiger partial charge < -0.3 is 11.1 Å². The summed E-state index contributed by atoms with van der Waals surface area (Å²) in [7, 11) is 0. The smallest absolute Gasteiger partial charge is 0.134 e. The van der Waals surface area contributed by atoms with E-state index in [4.69, 9.17) is 5.73 Å². The maximum atomic E-state index is 6.19. The second-order valence-electron chi connectivity index (χ2n) is 7.73. The average molecular weight is 367 g/mol. The third kappa shape index (κ3) is 3.90. The lowest BCUT2D eigenvalue weighted by Crippen LogP contribution is -2.28. The molecular weight excluding hydrogens is 342 g/mol. The minimum Gasteiger partial charge on any atom is -0.365 e. The standard InChI is InChI=1S/C25H25N3/c1-25(2,26)22-11-8-19(9-12-22)20-10-13-23-21(16-20)14-15-27-24(23)28-17-18-6-4-3-5-7-18/h3-16H,17,26H2,1-2H3,(H,27,28). The Kier molecular flexibility index (Phi) is 4.84. The van der Waals surface area contributed by atoms with Crippen molar-refractivity contribution in [3.8, 4) is 11.1 Å². The lowest BCUT2D eigenvalue weighted by atomic mass is 9.93. The Morgan fingerprint density at radius 1 is 0.857 bits per heavy atom. The first-order chi connectivity index (χ1) is 13.5. The van der Waals surface area contributed by atoms with Gasteiger partial charge >= 0.3 is 0 Å². The van der Waals surface area contributed by atoms with Crippen molar-refractivity contribution in [2.45, 2.75) is 25.9 Å². The van der Waals surface area contributed by atoms with Gasteiger partial charge in [0.25, 0.3) is 0 Å². The number of anilines is 1. The molecule has 1 heterocycles. The maximum absolute atomic E-state index is 6.19. The van der Waals surface area contributed by atoms with Crippen molar-refractivity contribution in [3.63, 3.8) is 0 Å². The largest absolute Gasteiger partial charge is 0.365 e. The minimum absolute atomic E-state index is 0.326. The lowest BCUT2D eigenvalue weighted by Gasteiger charge is -2.19. The summed E-state index contributed by atoms with van der Waals surface area (Å²) in [5, 5.41) is 5.76. The summed E-state index contributed by atoms with van der Waals surface area (Å²) in [5.74, 6) is 0.910. The molecule has 0 spiro atoms. The fourth-order valence-electron chi connectivity index (χ4n) is 3.37. The second kappa shape index (κ2) is 7.45. The highest BCUT2D eigenvalue weighted by atomic mass is 15.0. The van der Waals surface area contributed by atoms with E-state index in [1.807, 2.05) is 26.1 Å². The van der Waals surface area contributed by atoms with E-state index in [-0.39, 0.29) is 5.54 Å². The molecule has 3 aromatic carbocycles. The molecule has 0 bridgehead atoms. The van der Waals surface area contributed by atoms with Gasteiger partial charge in [0.05, 0.1) is 0 Å². The van der Waals surface area contributed by atoms with Crippen molar-refractivity contribution in [1.29, 1.82) is 0 Å². The topological polar surface area (TPSA) is 50.9 Å². The number of nitrogens with two attached hydrogens (primary N) is 1. The van der Waals surface area contributed by atoms with Gasteiger partial charge in [0.15, 0.2) is 0 Å². The number of nitrogens with zero attached hydrogens (tertiary/aromatic N) is 1. The Hall–Kier alpha value is -3.17. The number of hydrogen-bond acceptors (Lipinski definition) is 3. The number of rotatable bonds is 5. The molecule has 0 aliphatic carbocycles. The molecule has 140 valence electrons. The number of pyridine rings is 1. The molecular formula is C25H25N3. The fourth-order valence-corrected chi connectivity index (χ4v) is 3.37. The van der Waals surface area contributed by atoms with Gasteiger partial charge in [-0.05, 0) is 53.6 Å². The summed E-state index contributed by atoms with van der Waals surface area (Å²) < 4.78 is 0. The fraction of sp³-hybridized carbons (Fsp3) is 0.160. The first-order valence-corrected chi connectivity index (χ1v) is 9.57. The van der Waals surface area contributed by atoms with Gasteiger partial charge in [-0.3, -0.25) is 0 Å². The van der Waals surface area contributed by atoms with Crippen LogP contribution < -0.4 is 11.1 Å². The van der Waals surface area contributed by atoms with Gasteiger partial charge in [-0.25, -0.2) is 4.98 Å². The molecule has 1 aromatic heterocycles. The molecule has 3 heteroatoms. The Bertz CT molecular complexity index is 1080. The van der Waals surface area contributed by atoms with E-state index in [0.29, 0.717) is 0 Å². The van der Waals surface area contributed by atoms with Crippen molar-refractivity contribution in [2.24, 2.45) is 5.73 Å². The summed E-state index contributed by atoms with van der Waals surface area (Å²) in [5.41, 5.74) is 10.6. The molecule has 0 aliphatic heterocycles. The van der Waals surface area contributed by atoms with Crippen LogP contribution in [0, 0.1) is 0 Å². The normalized spacial score (nSPS) is 11.5. The van der Waals surface area contributed by atoms with Crippen molar-refractivity contribution >= 4 is 16.6 Å². The van der Waals surface area contributed by atoms with Gasteiger partial charge in [-0.15, -0.1) is 0 Å². The molecule has 0 atom stereocenters. The summed E-state index contributed by atoms with van der Waals surface area (Å²) in [4.78, 5) is 4.54. The predicted octanol–water partition coefficient (Wildman–Crippen LogP) is 5.71. The first-order valence-electron chi connectivity index (χ1n) is 9.57. The Morgan fingerprint density at radius 2 is 1.57 bits per heavy atom. The second-order valence-corrected chi connectivity index (χ2v) is 7.73. The van der Waals surface area contributed by atoms with E-state index in [2.05, 4.69) is 83.1 Å². The zero-order valence-corrected chi connectivity index (χ0v) is 16.3. The van der Waals surface area contributed by atoms with Crippen LogP contribution in [0.25, 0.3) is 21.9 Å². The maximum Gasteiger partial charge on any atom is 0.134 e. The van der Waals surface area contributed by atoms with Gasteiger partial charge in [-0.1, -0.05) is 66.7 Å². The van der Waals surface area contributed by atoms with Gasteiger partial charge in [0.2, 0.25) is 0 Å². The Morgan fingerprint density at radius 3 is 2.29 bits per heavy atom. The molecule has 0 saturated carbocycles. The van der Waals surface area contributed by atoms with E-state index in [1.165, 1.54) is 22.1 Å². The van der Waals surface area contributed by atoms with Crippen LogP contribution in [0.5, 0.6) is 0 Å². The molecule has 4 aromatic rings. The molecule has 0 radical (unpaired) electrons. The van der Waals surface area contributed by atoms with E-state index in [0.717, 1.165) is 23.3 Å². The van der Waals surface area contributed by atoms with Gasteiger partial charge in [-0.2, -0.15) is 0 Å². The molecule has 0 saturated heterocycles. The molecule has 4 rings (SSSR count). The van der Waals surface area contributed by atoms with Crippen molar-refractivity contribution in [3.05, 3.63) is 96.2 Å². The predicted molar refractivity (Wildman–Crippen MR) is 118 cm³/mol. The van der Waals surface area contributed by atoms with Crippen molar-refractivity contribution in [2.75, 3.05) is 5.32 Å². The molecule has 3 N–H and O–H groups in total. The Balaban J connectivity index is 1.61. The third-order valence-electron chi connectivity index (χ3n) is 5.03. The van der Waals surface area contributed by atoms with E-state index < -0.39 is 0 Å². The highest BCUT2D eigenvalue weighted by Gasteiger charge is 2.13. The van der Waals surface area contributed by atoms with Crippen LogP contribution in [0.15, 0.2) is 85.1 Å². The van der Waals surface area contributed by atoms with Crippen LogP contribution in [-0.2, 0) is 12.1 Å². The van der Waals surface area contributed by atoms with Crippen LogP contribution in [0.3, 0.4) is 0 Å². The summed E-state index contributed by atoms with van der Waals surface area (Å²) >= 11 is 0. The van der Waals surface area contributed by atoms with Gasteiger partial charge in [0.1, 0.15) is 5.82 Å². The first kappa shape index (κ1) is 18.2. The Labute approximate surface area is 166 Å². The zero-order chi connectivity index (χ0) is 19.6. The number of benzene rings is 3. The van der Waals surface area contributed by atoms with Crippen LogP contribution in [0.2, 0.25) is 0 Å². The molecule has 0 unspecified atom stereocenters. The molecule has 0 aliphatic rings. The quantitative estimate of drug-likeness (QED) is 0.475. The van der Waals surface area contributed by atoms with Crippen LogP contribution >= 0.6 is 0 Å². The third-order valence-corrected chi connectivity index (χ3v) is 5.03. The highest BCUT2D eigenvalue weighted by Crippen LogP contribution is 2.29. The van der Waals surface area contributed by atoms with E-state index in [9.17, 15) is 0 Å². The van der Waals surface area contributed by atoms with Crippen LogP contribution in [0.4, 0.5) is 5.82 Å². The molecule has 28 heavy (non-hydrogen) atoms. The summed E-state index contributed by atoms with van der Waals surface area (Å²) in [6, 6.07) is 27.4. The molecule has 3 nitrogen and oxygen atoms in total. The summed E-state index contributed by atoms with van der Waals surface area (Å²) in [6.07, 6.45) is 1.86. The lowest BCUT2D eigenvalue weighted by molar-refractivity contribution is 0.554. The minimum atomic E-state index is -0.326. The SMILES string of the molecule is CC(C)(N)c1ccc(-c2ccc3c(NCc4ccccc4)nccc3c2)cc1.